The molecule has 0 aliphatic carbocycles. The third kappa shape index (κ3) is 5.54. The number of carbonyl (C=O) groups is 1. The van der Waals surface area contributed by atoms with E-state index in [2.05, 4.69) is 38.9 Å². The third-order valence-corrected chi connectivity index (χ3v) is 7.27. The van der Waals surface area contributed by atoms with Gasteiger partial charge in [0.2, 0.25) is 10.0 Å². The van der Waals surface area contributed by atoms with Gasteiger partial charge >= 0.3 is 4.87 Å². The Hall–Kier alpha value is -2.53. The van der Waals surface area contributed by atoms with Gasteiger partial charge in [0.1, 0.15) is 0 Å². The summed E-state index contributed by atoms with van der Waals surface area (Å²) in [6.45, 7) is 2.73. The van der Waals surface area contributed by atoms with E-state index in [0.717, 1.165) is 30.8 Å². The number of benzene rings is 2. The van der Waals surface area contributed by atoms with Crippen molar-refractivity contribution in [3.8, 4) is 0 Å². The molecule has 160 valence electrons. The van der Waals surface area contributed by atoms with Crippen LogP contribution in [0, 0.1) is 0 Å². The first-order valence-electron chi connectivity index (χ1n) is 9.40. The molecule has 10 heteroatoms. The van der Waals surface area contributed by atoms with Crippen molar-refractivity contribution in [1.82, 2.24) is 14.6 Å². The maximum absolute atomic E-state index is 12.5. The van der Waals surface area contributed by atoms with Crippen LogP contribution in [-0.4, -0.2) is 56.1 Å². The number of hydrogen-bond donors (Lipinski definition) is 3. The van der Waals surface area contributed by atoms with Crippen LogP contribution in [0.4, 0.5) is 0 Å². The molecular formula is C20H23N3O5S2. The van der Waals surface area contributed by atoms with Crippen LogP contribution < -0.4 is 9.60 Å². The zero-order chi connectivity index (χ0) is 21.6. The Morgan fingerprint density at radius 2 is 1.97 bits per heavy atom. The molecule has 0 radical (unpaired) electrons. The van der Waals surface area contributed by atoms with Gasteiger partial charge in [-0.1, -0.05) is 41.7 Å². The number of nitrogens with zero attached hydrogens (tertiary/aromatic N) is 1. The average Bonchev–Trinajstić information content (AvgIpc) is 3.34. The van der Waals surface area contributed by atoms with Crippen LogP contribution in [0.3, 0.4) is 0 Å². The molecular weight excluding hydrogens is 426 g/mol. The van der Waals surface area contributed by atoms with E-state index in [9.17, 15) is 13.2 Å². The zero-order valence-electron chi connectivity index (χ0n) is 16.2. The molecule has 0 spiro atoms. The third-order valence-electron chi connectivity index (χ3n) is 4.97. The number of H-pyrrole nitrogens is 1. The molecule has 30 heavy (non-hydrogen) atoms. The Morgan fingerprint density at radius 1 is 1.23 bits per heavy atom. The minimum atomic E-state index is -3.59. The van der Waals surface area contributed by atoms with Gasteiger partial charge in [-0.3, -0.25) is 9.59 Å². The normalized spacial score (nSPS) is 16.9. The number of likely N-dealkylation sites (tertiary alicyclic amines) is 1. The monoisotopic (exact) mass is 449 g/mol. The SMILES string of the molecule is O=CO.O=c1[nH]c2ccc(S(=O)(=O)NCCN3CCC(c4ccccc4)C3)cc2s1. The van der Waals surface area contributed by atoms with E-state index in [-0.39, 0.29) is 16.2 Å². The molecule has 1 aliphatic heterocycles. The number of rotatable bonds is 6. The summed E-state index contributed by atoms with van der Waals surface area (Å²) in [4.78, 5) is 24.7. The molecule has 0 amide bonds. The first-order chi connectivity index (χ1) is 14.4. The van der Waals surface area contributed by atoms with Crippen LogP contribution in [0.5, 0.6) is 0 Å². The first kappa shape index (κ1) is 22.2. The fourth-order valence-electron chi connectivity index (χ4n) is 3.55. The Morgan fingerprint density at radius 3 is 2.70 bits per heavy atom. The van der Waals surface area contributed by atoms with Gasteiger partial charge in [-0.25, -0.2) is 13.1 Å². The molecule has 2 heterocycles. The topological polar surface area (TPSA) is 120 Å². The highest BCUT2D eigenvalue weighted by Crippen LogP contribution is 2.26. The second-order valence-electron chi connectivity index (χ2n) is 6.87. The van der Waals surface area contributed by atoms with Crippen molar-refractivity contribution in [3.63, 3.8) is 0 Å². The highest BCUT2D eigenvalue weighted by Gasteiger charge is 2.24. The van der Waals surface area contributed by atoms with Gasteiger partial charge in [-0.15, -0.1) is 0 Å². The quantitative estimate of drug-likeness (QED) is 0.496. The average molecular weight is 450 g/mol. The molecule has 1 atom stereocenters. The predicted octanol–water partition coefficient (Wildman–Crippen LogP) is 2.06. The van der Waals surface area contributed by atoms with E-state index in [1.165, 1.54) is 11.6 Å². The van der Waals surface area contributed by atoms with Crippen molar-refractivity contribution in [1.29, 1.82) is 0 Å². The summed E-state index contributed by atoms with van der Waals surface area (Å²) in [5, 5.41) is 6.89. The molecule has 8 nitrogen and oxygen atoms in total. The summed E-state index contributed by atoms with van der Waals surface area (Å²) in [7, 11) is -3.59. The van der Waals surface area contributed by atoms with E-state index < -0.39 is 10.0 Å². The highest BCUT2D eigenvalue weighted by atomic mass is 32.2. The number of nitrogens with one attached hydrogen (secondary N) is 2. The molecule has 1 fully saturated rings. The van der Waals surface area contributed by atoms with E-state index in [0.29, 0.717) is 29.2 Å². The second kappa shape index (κ2) is 9.98. The largest absolute Gasteiger partial charge is 0.483 e. The minimum Gasteiger partial charge on any atom is -0.483 e. The van der Waals surface area contributed by atoms with Crippen molar-refractivity contribution in [2.45, 2.75) is 17.2 Å². The van der Waals surface area contributed by atoms with Crippen LogP contribution in [-0.2, 0) is 14.8 Å². The van der Waals surface area contributed by atoms with Crippen molar-refractivity contribution in [3.05, 3.63) is 63.8 Å². The van der Waals surface area contributed by atoms with Gasteiger partial charge < -0.3 is 15.0 Å². The summed E-state index contributed by atoms with van der Waals surface area (Å²) in [6.07, 6.45) is 1.10. The number of thiazole rings is 1. The number of fused-ring (bicyclic) bond motifs is 1. The fraction of sp³-hybridized carbons (Fsp3) is 0.300. The van der Waals surface area contributed by atoms with E-state index in [1.54, 1.807) is 12.1 Å². The van der Waals surface area contributed by atoms with Crippen LogP contribution >= 0.6 is 11.3 Å². The molecule has 0 saturated carbocycles. The lowest BCUT2D eigenvalue weighted by Gasteiger charge is -2.16. The van der Waals surface area contributed by atoms with Crippen LogP contribution in [0.15, 0.2) is 58.2 Å². The van der Waals surface area contributed by atoms with Gasteiger partial charge in [-0.05, 0) is 42.6 Å². The lowest BCUT2D eigenvalue weighted by Crippen LogP contribution is -2.33. The van der Waals surface area contributed by atoms with Gasteiger partial charge in [-0.2, -0.15) is 0 Å². The molecule has 1 saturated heterocycles. The Labute approximate surface area is 178 Å². The van der Waals surface area contributed by atoms with E-state index in [4.69, 9.17) is 9.90 Å². The van der Waals surface area contributed by atoms with E-state index >= 15 is 0 Å². The van der Waals surface area contributed by atoms with Gasteiger partial charge in [0.05, 0.1) is 15.1 Å². The number of carboxylic acid groups (broad SMARTS) is 1. The fourth-order valence-corrected chi connectivity index (χ4v) is 5.44. The standard InChI is InChI=1S/C19H21N3O3S2.CH2O2/c23-19-21-17-7-6-16(12-18(17)26-19)27(24,25)20-9-11-22-10-8-15(13-22)14-4-2-1-3-5-14;2-1-3/h1-7,12,15,20H,8-11,13H2,(H,21,23);1H,(H,2,3). The summed E-state index contributed by atoms with van der Waals surface area (Å²) in [5.74, 6) is 0.515. The smallest absolute Gasteiger partial charge is 0.305 e. The molecule has 3 N–H and O–H groups in total. The Balaban J connectivity index is 0.000000806. The maximum Gasteiger partial charge on any atom is 0.305 e. The lowest BCUT2D eigenvalue weighted by molar-refractivity contribution is -0.122. The first-order valence-corrected chi connectivity index (χ1v) is 11.7. The maximum atomic E-state index is 12.5. The number of sulfonamides is 1. The highest BCUT2D eigenvalue weighted by molar-refractivity contribution is 7.89. The number of hydrogen-bond acceptors (Lipinski definition) is 6. The van der Waals surface area contributed by atoms with Gasteiger partial charge in [0.25, 0.3) is 6.47 Å². The van der Waals surface area contributed by atoms with Crippen molar-refractivity contribution < 1.29 is 18.3 Å². The number of aromatic amines is 1. The zero-order valence-corrected chi connectivity index (χ0v) is 17.8. The lowest BCUT2D eigenvalue weighted by atomic mass is 9.99. The van der Waals surface area contributed by atoms with Crippen LogP contribution in [0.1, 0.15) is 17.9 Å². The second-order valence-corrected chi connectivity index (χ2v) is 9.65. The molecule has 1 aromatic heterocycles. The molecule has 2 aromatic carbocycles. The predicted molar refractivity (Wildman–Crippen MR) is 117 cm³/mol. The summed E-state index contributed by atoms with van der Waals surface area (Å²) in [6, 6.07) is 15.1. The Bertz CT molecular complexity index is 1140. The van der Waals surface area contributed by atoms with Crippen LogP contribution in [0.2, 0.25) is 0 Å². The Kier molecular flexibility index (Phi) is 7.38. The molecule has 0 bridgehead atoms. The molecule has 1 unspecified atom stereocenters. The number of aromatic nitrogens is 1. The molecule has 1 aliphatic rings. The summed E-state index contributed by atoms with van der Waals surface area (Å²) >= 11 is 1.01. The van der Waals surface area contributed by atoms with Crippen LogP contribution in [0.25, 0.3) is 10.2 Å². The molecule has 4 rings (SSSR count). The molecule has 3 aromatic rings. The van der Waals surface area contributed by atoms with Gasteiger partial charge in [0.15, 0.2) is 0 Å². The van der Waals surface area contributed by atoms with Crippen molar-refractivity contribution in [2.75, 3.05) is 26.2 Å². The van der Waals surface area contributed by atoms with Crippen molar-refractivity contribution in [2.24, 2.45) is 0 Å². The summed E-state index contributed by atoms with van der Waals surface area (Å²) in [5.41, 5.74) is 2.01. The van der Waals surface area contributed by atoms with Crippen molar-refractivity contribution >= 4 is 38.0 Å². The van der Waals surface area contributed by atoms with E-state index in [1.807, 2.05) is 6.07 Å². The minimum absolute atomic E-state index is 0.186. The summed E-state index contributed by atoms with van der Waals surface area (Å²) < 4.78 is 28.4. The van der Waals surface area contributed by atoms with Gasteiger partial charge in [0, 0.05) is 19.6 Å².